The maximum Gasteiger partial charge on any atom is 0.232 e. The van der Waals surface area contributed by atoms with Crippen molar-refractivity contribution in [2.45, 2.75) is 38.0 Å². The number of amides is 1. The SMILES string of the molecule is CC(C)(C(=O)N1CCCC(c2nnc3ccccn23)C1)c1ccccc1. The van der Waals surface area contributed by atoms with E-state index in [-0.39, 0.29) is 11.8 Å². The van der Waals surface area contributed by atoms with E-state index in [1.54, 1.807) is 0 Å². The van der Waals surface area contributed by atoms with Crippen molar-refractivity contribution in [1.82, 2.24) is 19.5 Å². The Morgan fingerprint density at radius 1 is 1.08 bits per heavy atom. The van der Waals surface area contributed by atoms with E-state index in [0.717, 1.165) is 36.4 Å². The molecule has 3 aromatic rings. The third-order valence-corrected chi connectivity index (χ3v) is 5.44. The molecule has 3 heterocycles. The number of piperidine rings is 1. The third-order valence-electron chi connectivity index (χ3n) is 5.44. The summed E-state index contributed by atoms with van der Waals surface area (Å²) in [5, 5.41) is 8.68. The fourth-order valence-electron chi connectivity index (χ4n) is 3.88. The number of rotatable bonds is 3. The van der Waals surface area contributed by atoms with Gasteiger partial charge in [-0.1, -0.05) is 36.4 Å². The van der Waals surface area contributed by atoms with Crippen LogP contribution in [-0.2, 0) is 10.2 Å². The lowest BCUT2D eigenvalue weighted by atomic mass is 9.82. The van der Waals surface area contributed by atoms with E-state index < -0.39 is 5.41 Å². The molecule has 1 saturated heterocycles. The number of carbonyl (C=O) groups excluding carboxylic acids is 1. The van der Waals surface area contributed by atoms with Gasteiger partial charge in [0.2, 0.25) is 5.91 Å². The molecule has 0 N–H and O–H groups in total. The second-order valence-corrected chi connectivity index (χ2v) is 7.57. The van der Waals surface area contributed by atoms with Crippen LogP contribution in [0.25, 0.3) is 5.65 Å². The van der Waals surface area contributed by atoms with Crippen molar-refractivity contribution in [2.75, 3.05) is 13.1 Å². The first-order chi connectivity index (χ1) is 12.6. The van der Waals surface area contributed by atoms with Gasteiger partial charge in [-0.05, 0) is 44.4 Å². The number of likely N-dealkylation sites (tertiary alicyclic amines) is 1. The number of benzene rings is 1. The van der Waals surface area contributed by atoms with Crippen LogP contribution >= 0.6 is 0 Å². The summed E-state index contributed by atoms with van der Waals surface area (Å²) < 4.78 is 2.04. The van der Waals surface area contributed by atoms with Crippen LogP contribution in [0.2, 0.25) is 0 Å². The standard InChI is InChI=1S/C21H24N4O/c1-21(2,17-10-4-3-5-11-17)20(26)24-13-8-9-16(15-24)19-23-22-18-12-6-7-14-25(18)19/h3-7,10-12,14,16H,8-9,13,15H2,1-2H3. The Balaban J connectivity index is 1.58. The van der Waals surface area contributed by atoms with E-state index in [4.69, 9.17) is 0 Å². The summed E-state index contributed by atoms with van der Waals surface area (Å²) in [7, 11) is 0. The summed E-state index contributed by atoms with van der Waals surface area (Å²) in [6.45, 7) is 5.54. The molecule has 1 fully saturated rings. The normalized spacial score (nSPS) is 18.2. The lowest BCUT2D eigenvalue weighted by Crippen LogP contribution is -2.47. The maximum atomic E-state index is 13.3. The van der Waals surface area contributed by atoms with Crippen LogP contribution in [0.3, 0.4) is 0 Å². The van der Waals surface area contributed by atoms with Gasteiger partial charge in [0, 0.05) is 25.2 Å². The second kappa shape index (κ2) is 6.56. The van der Waals surface area contributed by atoms with Gasteiger partial charge in [0.25, 0.3) is 0 Å². The first kappa shape index (κ1) is 16.8. The van der Waals surface area contributed by atoms with Gasteiger partial charge < -0.3 is 4.90 Å². The minimum Gasteiger partial charge on any atom is -0.341 e. The van der Waals surface area contributed by atoms with Gasteiger partial charge in [0.15, 0.2) is 5.65 Å². The fraction of sp³-hybridized carbons (Fsp3) is 0.381. The Morgan fingerprint density at radius 3 is 2.65 bits per heavy atom. The molecule has 0 saturated carbocycles. The number of pyridine rings is 1. The van der Waals surface area contributed by atoms with Crippen LogP contribution in [0.5, 0.6) is 0 Å². The quantitative estimate of drug-likeness (QED) is 0.729. The number of hydrogen-bond donors (Lipinski definition) is 0. The highest BCUT2D eigenvalue weighted by atomic mass is 16.2. The van der Waals surface area contributed by atoms with Crippen molar-refractivity contribution in [1.29, 1.82) is 0 Å². The van der Waals surface area contributed by atoms with E-state index in [2.05, 4.69) is 10.2 Å². The molecule has 26 heavy (non-hydrogen) atoms. The molecule has 0 bridgehead atoms. The van der Waals surface area contributed by atoms with E-state index >= 15 is 0 Å². The Kier molecular flexibility index (Phi) is 4.23. The van der Waals surface area contributed by atoms with Crippen molar-refractivity contribution < 1.29 is 4.79 Å². The van der Waals surface area contributed by atoms with Gasteiger partial charge >= 0.3 is 0 Å². The Bertz CT molecular complexity index is 916. The summed E-state index contributed by atoms with van der Waals surface area (Å²) in [5.74, 6) is 1.36. The zero-order valence-corrected chi connectivity index (χ0v) is 15.3. The summed E-state index contributed by atoms with van der Waals surface area (Å²) in [6.07, 6.45) is 4.02. The highest BCUT2D eigenvalue weighted by Gasteiger charge is 2.36. The van der Waals surface area contributed by atoms with Crippen molar-refractivity contribution in [3.05, 3.63) is 66.1 Å². The molecule has 1 unspecified atom stereocenters. The number of aromatic nitrogens is 3. The molecule has 1 aromatic carbocycles. The predicted molar refractivity (Wildman–Crippen MR) is 101 cm³/mol. The predicted octanol–water partition coefficient (Wildman–Crippen LogP) is 3.41. The third kappa shape index (κ3) is 2.87. The Hall–Kier alpha value is -2.69. The minimum absolute atomic E-state index is 0.183. The molecular formula is C21H24N4O. The molecule has 0 spiro atoms. The first-order valence-electron chi connectivity index (χ1n) is 9.22. The average Bonchev–Trinajstić information content (AvgIpc) is 3.12. The van der Waals surface area contributed by atoms with Crippen LogP contribution in [0.15, 0.2) is 54.7 Å². The molecule has 5 nitrogen and oxygen atoms in total. The van der Waals surface area contributed by atoms with Crippen LogP contribution in [0.4, 0.5) is 0 Å². The minimum atomic E-state index is -0.532. The summed E-state index contributed by atoms with van der Waals surface area (Å²) in [4.78, 5) is 15.3. The number of nitrogens with zero attached hydrogens (tertiary/aromatic N) is 4. The van der Waals surface area contributed by atoms with E-state index in [9.17, 15) is 4.79 Å². The first-order valence-corrected chi connectivity index (χ1v) is 9.22. The molecule has 134 valence electrons. The number of fused-ring (bicyclic) bond motifs is 1. The van der Waals surface area contributed by atoms with Crippen LogP contribution in [0.1, 0.15) is 44.0 Å². The van der Waals surface area contributed by atoms with Crippen LogP contribution < -0.4 is 0 Å². The van der Waals surface area contributed by atoms with Gasteiger partial charge in [-0.25, -0.2) is 0 Å². The average molecular weight is 348 g/mol. The summed E-state index contributed by atoms with van der Waals surface area (Å²) >= 11 is 0. The Labute approximate surface area is 153 Å². The second-order valence-electron chi connectivity index (χ2n) is 7.57. The molecule has 2 aromatic heterocycles. The highest BCUT2D eigenvalue weighted by Crippen LogP contribution is 2.31. The maximum absolute atomic E-state index is 13.3. The Morgan fingerprint density at radius 2 is 1.85 bits per heavy atom. The molecule has 1 aliphatic heterocycles. The van der Waals surface area contributed by atoms with E-state index in [1.165, 1.54) is 0 Å². The molecule has 1 aliphatic rings. The molecule has 1 amide bonds. The summed E-state index contributed by atoms with van der Waals surface area (Å²) in [5.41, 5.74) is 1.38. The smallest absolute Gasteiger partial charge is 0.232 e. The van der Waals surface area contributed by atoms with Gasteiger partial charge in [0.1, 0.15) is 5.82 Å². The largest absolute Gasteiger partial charge is 0.341 e. The molecule has 0 radical (unpaired) electrons. The van der Waals surface area contributed by atoms with Crippen LogP contribution in [0, 0.1) is 0 Å². The van der Waals surface area contributed by atoms with Gasteiger partial charge in [-0.15, -0.1) is 10.2 Å². The monoisotopic (exact) mass is 348 g/mol. The van der Waals surface area contributed by atoms with Crippen molar-refractivity contribution in [3.8, 4) is 0 Å². The van der Waals surface area contributed by atoms with Gasteiger partial charge in [0.05, 0.1) is 5.41 Å². The zero-order valence-electron chi connectivity index (χ0n) is 15.3. The van der Waals surface area contributed by atoms with Crippen molar-refractivity contribution in [2.24, 2.45) is 0 Å². The molecular weight excluding hydrogens is 324 g/mol. The summed E-state index contributed by atoms with van der Waals surface area (Å²) in [6, 6.07) is 15.9. The van der Waals surface area contributed by atoms with Crippen molar-refractivity contribution >= 4 is 11.6 Å². The van der Waals surface area contributed by atoms with Gasteiger partial charge in [-0.3, -0.25) is 9.20 Å². The molecule has 4 rings (SSSR count). The lowest BCUT2D eigenvalue weighted by Gasteiger charge is -2.37. The topological polar surface area (TPSA) is 50.5 Å². The molecule has 5 heteroatoms. The van der Waals surface area contributed by atoms with Crippen LogP contribution in [-0.4, -0.2) is 38.5 Å². The number of carbonyl (C=O) groups is 1. The highest BCUT2D eigenvalue weighted by molar-refractivity contribution is 5.87. The van der Waals surface area contributed by atoms with Crippen molar-refractivity contribution in [3.63, 3.8) is 0 Å². The van der Waals surface area contributed by atoms with E-state index in [0.29, 0.717) is 6.54 Å². The molecule has 1 atom stereocenters. The van der Waals surface area contributed by atoms with E-state index in [1.807, 2.05) is 77.9 Å². The van der Waals surface area contributed by atoms with Gasteiger partial charge in [-0.2, -0.15) is 0 Å². The zero-order chi connectivity index (χ0) is 18.1. The number of hydrogen-bond acceptors (Lipinski definition) is 3. The lowest BCUT2D eigenvalue weighted by molar-refractivity contribution is -0.137. The fourth-order valence-corrected chi connectivity index (χ4v) is 3.88. The molecule has 0 aliphatic carbocycles.